The molecule has 1 unspecified atom stereocenters. The quantitative estimate of drug-likeness (QED) is 0.885. The highest BCUT2D eigenvalue weighted by Gasteiger charge is 2.20. The van der Waals surface area contributed by atoms with Gasteiger partial charge >= 0.3 is 0 Å². The number of nitrogens with zero attached hydrogens (tertiary/aromatic N) is 1. The minimum atomic E-state index is 0.450. The molecule has 106 valence electrons. The highest BCUT2D eigenvalue weighted by molar-refractivity contribution is 5.85. The molecular weight excluding hydrogens is 244 g/mol. The summed E-state index contributed by atoms with van der Waals surface area (Å²) < 4.78 is 0. The number of nitrogens with one attached hydrogen (secondary N) is 1. The largest absolute Gasteiger partial charge is 0.313 e. The van der Waals surface area contributed by atoms with Crippen LogP contribution in [-0.2, 0) is 0 Å². The van der Waals surface area contributed by atoms with Crippen LogP contribution in [0.15, 0.2) is 36.7 Å². The van der Waals surface area contributed by atoms with E-state index in [9.17, 15) is 0 Å². The van der Waals surface area contributed by atoms with Gasteiger partial charge < -0.3 is 5.32 Å². The fraction of sp³-hybridized carbons (Fsp3) is 0.500. The van der Waals surface area contributed by atoms with Gasteiger partial charge in [0, 0.05) is 23.8 Å². The number of hydrogen-bond acceptors (Lipinski definition) is 2. The lowest BCUT2D eigenvalue weighted by molar-refractivity contribution is 0.306. The van der Waals surface area contributed by atoms with Crippen LogP contribution in [-0.4, -0.2) is 12.0 Å². The summed E-state index contributed by atoms with van der Waals surface area (Å²) in [5, 5.41) is 6.12. The Hall–Kier alpha value is -1.41. The molecule has 1 aromatic carbocycles. The number of rotatable bonds is 4. The highest BCUT2D eigenvalue weighted by Crippen LogP contribution is 2.33. The minimum Gasteiger partial charge on any atom is -0.313 e. The number of benzene rings is 1. The van der Waals surface area contributed by atoms with Crippen LogP contribution in [0.4, 0.5) is 0 Å². The molecule has 2 nitrogen and oxygen atoms in total. The molecule has 2 heteroatoms. The zero-order chi connectivity index (χ0) is 13.8. The molecule has 1 atom stereocenters. The predicted molar refractivity (Wildman–Crippen MR) is 84.7 cm³/mol. The van der Waals surface area contributed by atoms with Crippen molar-refractivity contribution >= 4 is 10.8 Å². The van der Waals surface area contributed by atoms with Gasteiger partial charge in [-0.2, -0.15) is 0 Å². The number of aromatic nitrogens is 1. The molecule has 0 aliphatic heterocycles. The Morgan fingerprint density at radius 2 is 2.05 bits per heavy atom. The van der Waals surface area contributed by atoms with Crippen LogP contribution < -0.4 is 5.32 Å². The lowest BCUT2D eigenvalue weighted by atomic mass is 9.83. The maximum Gasteiger partial charge on any atom is 0.0349 e. The first-order chi connectivity index (χ1) is 9.88. The van der Waals surface area contributed by atoms with Crippen LogP contribution in [0.5, 0.6) is 0 Å². The van der Waals surface area contributed by atoms with Crippen molar-refractivity contribution in [3.05, 3.63) is 42.2 Å². The Labute approximate surface area is 121 Å². The van der Waals surface area contributed by atoms with E-state index < -0.39 is 0 Å². The molecule has 1 aliphatic carbocycles. The van der Waals surface area contributed by atoms with Gasteiger partial charge in [0.2, 0.25) is 0 Å². The smallest absolute Gasteiger partial charge is 0.0349 e. The number of fused-ring (bicyclic) bond motifs is 1. The van der Waals surface area contributed by atoms with Gasteiger partial charge in [-0.25, -0.2) is 0 Å². The normalized spacial score (nSPS) is 18.2. The van der Waals surface area contributed by atoms with E-state index in [2.05, 4.69) is 41.6 Å². The van der Waals surface area contributed by atoms with E-state index in [0.717, 1.165) is 5.92 Å². The Kier molecular flexibility index (Phi) is 4.31. The van der Waals surface area contributed by atoms with Gasteiger partial charge in [0.05, 0.1) is 0 Å². The van der Waals surface area contributed by atoms with Gasteiger partial charge in [-0.05, 0) is 36.4 Å². The van der Waals surface area contributed by atoms with E-state index in [4.69, 9.17) is 0 Å². The molecule has 0 radical (unpaired) electrons. The van der Waals surface area contributed by atoms with Gasteiger partial charge in [-0.15, -0.1) is 0 Å². The maximum absolute atomic E-state index is 4.31. The van der Waals surface area contributed by atoms with Crippen molar-refractivity contribution < 1.29 is 0 Å². The van der Waals surface area contributed by atoms with Crippen LogP contribution in [0.2, 0.25) is 0 Å². The Morgan fingerprint density at radius 1 is 1.20 bits per heavy atom. The summed E-state index contributed by atoms with van der Waals surface area (Å²) >= 11 is 0. The number of hydrogen-bond donors (Lipinski definition) is 1. The zero-order valence-corrected chi connectivity index (χ0v) is 12.3. The predicted octanol–water partition coefficient (Wildman–Crippen LogP) is 4.47. The Balaban J connectivity index is 1.86. The van der Waals surface area contributed by atoms with Crippen LogP contribution in [0.25, 0.3) is 10.8 Å². The first-order valence-electron chi connectivity index (χ1n) is 7.88. The van der Waals surface area contributed by atoms with Gasteiger partial charge in [-0.3, -0.25) is 4.98 Å². The fourth-order valence-electron chi connectivity index (χ4n) is 3.60. The second kappa shape index (κ2) is 6.36. The van der Waals surface area contributed by atoms with Crippen LogP contribution in [0.3, 0.4) is 0 Å². The zero-order valence-electron chi connectivity index (χ0n) is 12.3. The summed E-state index contributed by atoms with van der Waals surface area (Å²) in [5.41, 5.74) is 1.41. The minimum absolute atomic E-state index is 0.450. The molecule has 1 saturated carbocycles. The van der Waals surface area contributed by atoms with Crippen molar-refractivity contribution in [2.24, 2.45) is 5.92 Å². The van der Waals surface area contributed by atoms with E-state index in [0.29, 0.717) is 6.04 Å². The Morgan fingerprint density at radius 3 is 2.85 bits per heavy atom. The highest BCUT2D eigenvalue weighted by atomic mass is 14.9. The van der Waals surface area contributed by atoms with Crippen LogP contribution >= 0.6 is 0 Å². The van der Waals surface area contributed by atoms with Crippen molar-refractivity contribution in [1.29, 1.82) is 0 Å². The van der Waals surface area contributed by atoms with E-state index in [1.165, 1.54) is 54.9 Å². The third-order valence-electron chi connectivity index (χ3n) is 4.74. The second-order valence-electron chi connectivity index (χ2n) is 6.03. The summed E-state index contributed by atoms with van der Waals surface area (Å²) in [7, 11) is 2.09. The molecule has 1 aliphatic rings. The molecule has 1 fully saturated rings. The third kappa shape index (κ3) is 2.85. The van der Waals surface area contributed by atoms with Gasteiger partial charge in [-0.1, -0.05) is 50.3 Å². The summed E-state index contributed by atoms with van der Waals surface area (Å²) in [6.07, 6.45) is 12.2. The van der Waals surface area contributed by atoms with Gasteiger partial charge in [0.25, 0.3) is 0 Å². The van der Waals surface area contributed by atoms with E-state index in [1.54, 1.807) is 0 Å². The van der Waals surface area contributed by atoms with Gasteiger partial charge in [0.15, 0.2) is 0 Å². The molecule has 0 bridgehead atoms. The molecule has 2 aromatic rings. The monoisotopic (exact) mass is 268 g/mol. The van der Waals surface area contributed by atoms with Crippen molar-refractivity contribution in [3.8, 4) is 0 Å². The number of pyridine rings is 1. The molecular formula is C18H24N2. The molecule has 1 heterocycles. The van der Waals surface area contributed by atoms with Crippen LogP contribution in [0, 0.1) is 5.92 Å². The molecule has 1 aromatic heterocycles. The van der Waals surface area contributed by atoms with Crippen molar-refractivity contribution in [1.82, 2.24) is 10.3 Å². The molecule has 0 saturated heterocycles. The topological polar surface area (TPSA) is 24.9 Å². The van der Waals surface area contributed by atoms with E-state index >= 15 is 0 Å². The average Bonchev–Trinajstić information content (AvgIpc) is 2.53. The summed E-state index contributed by atoms with van der Waals surface area (Å²) in [5.74, 6) is 0.883. The summed E-state index contributed by atoms with van der Waals surface area (Å²) in [6, 6.07) is 9.16. The first-order valence-corrected chi connectivity index (χ1v) is 7.88. The molecule has 0 spiro atoms. The van der Waals surface area contributed by atoms with Crippen molar-refractivity contribution in [3.63, 3.8) is 0 Å². The van der Waals surface area contributed by atoms with Crippen molar-refractivity contribution in [2.75, 3.05) is 7.05 Å². The lowest BCUT2D eigenvalue weighted by Crippen LogP contribution is -2.21. The maximum atomic E-state index is 4.31. The lowest BCUT2D eigenvalue weighted by Gasteiger charge is -2.27. The SMILES string of the molecule is CNC(CC1CCCCC1)c1cccc2ccncc12. The Bertz CT molecular complexity index is 553. The van der Waals surface area contributed by atoms with Crippen LogP contribution in [0.1, 0.15) is 50.1 Å². The summed E-state index contributed by atoms with van der Waals surface area (Å²) in [4.78, 5) is 4.31. The summed E-state index contributed by atoms with van der Waals surface area (Å²) in [6.45, 7) is 0. The fourth-order valence-corrected chi connectivity index (χ4v) is 3.60. The standard InChI is InChI=1S/C18H24N2/c1-19-18(12-14-6-3-2-4-7-14)16-9-5-8-15-10-11-20-13-17(15)16/h5,8-11,13-14,18-19H,2-4,6-7,12H2,1H3. The van der Waals surface area contributed by atoms with E-state index in [1.807, 2.05) is 12.4 Å². The third-order valence-corrected chi connectivity index (χ3v) is 4.74. The second-order valence-corrected chi connectivity index (χ2v) is 6.03. The molecule has 20 heavy (non-hydrogen) atoms. The first kappa shape index (κ1) is 13.6. The molecule has 3 rings (SSSR count). The molecule has 0 amide bonds. The average molecular weight is 268 g/mol. The molecule has 1 N–H and O–H groups in total. The van der Waals surface area contributed by atoms with E-state index in [-0.39, 0.29) is 0 Å². The van der Waals surface area contributed by atoms with Gasteiger partial charge in [0.1, 0.15) is 0 Å². The van der Waals surface area contributed by atoms with Crippen molar-refractivity contribution in [2.45, 2.75) is 44.6 Å².